The zero-order valence-electron chi connectivity index (χ0n) is 8.18. The maximum Gasteiger partial charge on any atom is 0.130 e. The van der Waals surface area contributed by atoms with E-state index in [4.69, 9.17) is 0 Å². The fourth-order valence-corrected chi connectivity index (χ4v) is 0.787. The Morgan fingerprint density at radius 3 is 2.17 bits per heavy atom. The first-order chi connectivity index (χ1) is 4.90. The van der Waals surface area contributed by atoms with E-state index in [0.29, 0.717) is 6.42 Å². The molecule has 0 aliphatic heterocycles. The van der Waals surface area contributed by atoms with Crippen molar-refractivity contribution in [3.63, 3.8) is 0 Å². The third-order valence-corrected chi connectivity index (χ3v) is 2.09. The molecule has 0 aliphatic rings. The van der Waals surface area contributed by atoms with Crippen molar-refractivity contribution in [2.45, 2.75) is 34.1 Å². The molecule has 0 aromatic rings. The second-order valence-corrected chi connectivity index (χ2v) is 3.63. The fourth-order valence-electron chi connectivity index (χ4n) is 0.787. The number of carbonyl (C=O) groups excluding carboxylic acids is 2. The number of rotatable bonds is 4. The third-order valence-electron chi connectivity index (χ3n) is 2.09. The normalized spacial score (nSPS) is 13.0. The van der Waals surface area contributed by atoms with Gasteiger partial charge in [-0.3, -0.25) is 6.29 Å². The van der Waals surface area contributed by atoms with E-state index in [1.807, 2.05) is 13.2 Å². The van der Waals surface area contributed by atoms with Gasteiger partial charge in [0.05, 0.1) is 0 Å². The molecule has 0 N–H and O–H groups in total. The van der Waals surface area contributed by atoms with Crippen LogP contribution < -0.4 is 0 Å². The number of Topliss-reactive ketones (excluding diaryl/α,β-unsaturated/α-hetero) is 1. The van der Waals surface area contributed by atoms with Crippen LogP contribution in [0.2, 0.25) is 0 Å². The van der Waals surface area contributed by atoms with E-state index >= 15 is 0 Å². The Labute approximate surface area is 99.4 Å². The van der Waals surface area contributed by atoms with Crippen molar-refractivity contribution >= 4 is 12.1 Å². The van der Waals surface area contributed by atoms with Gasteiger partial charge in [-0.25, -0.2) is 0 Å². The summed E-state index contributed by atoms with van der Waals surface area (Å²) in [5.74, 6) is 0.207. The van der Waals surface area contributed by atoms with Gasteiger partial charge in [-0.15, -0.1) is 5.41 Å². The molecule has 0 saturated heterocycles. The molecule has 12 heavy (non-hydrogen) atoms. The first-order valence-corrected chi connectivity index (χ1v) is 3.79. The van der Waals surface area contributed by atoms with Crippen molar-refractivity contribution in [3.8, 4) is 0 Å². The number of carbonyl (C=O) groups is 1. The molecule has 67 valence electrons. The topological polar surface area (TPSA) is 34.1 Å². The molecule has 0 bridgehead atoms. The van der Waals surface area contributed by atoms with E-state index in [9.17, 15) is 9.59 Å². The molecule has 0 aliphatic carbocycles. The van der Waals surface area contributed by atoms with Crippen LogP contribution in [0.25, 0.3) is 0 Å². The molecule has 1 radical (unpaired) electrons. The Balaban J connectivity index is 0. The van der Waals surface area contributed by atoms with Gasteiger partial charge in [0, 0.05) is 39.1 Å². The Morgan fingerprint density at radius 1 is 1.50 bits per heavy atom. The molecule has 0 unspecified atom stereocenters. The van der Waals surface area contributed by atoms with Crippen LogP contribution in [0.3, 0.4) is 0 Å². The quantitative estimate of drug-likeness (QED) is 0.706. The van der Waals surface area contributed by atoms with E-state index in [2.05, 4.69) is 0 Å². The average Bonchev–Trinajstić information content (AvgIpc) is 1.86. The molecule has 2 nitrogen and oxygen atoms in total. The van der Waals surface area contributed by atoms with Crippen LogP contribution in [-0.4, -0.2) is 12.1 Å². The molecule has 3 heteroatoms. The average molecular weight is 244 g/mol. The monoisotopic (exact) mass is 244 g/mol. The van der Waals surface area contributed by atoms with Crippen molar-refractivity contribution in [1.29, 1.82) is 0 Å². The maximum absolute atomic E-state index is 10.7. The third kappa shape index (κ3) is 5.15. The van der Waals surface area contributed by atoms with Gasteiger partial charge in [0.25, 0.3) is 0 Å². The van der Waals surface area contributed by atoms with Crippen LogP contribution in [0.1, 0.15) is 34.1 Å². The van der Waals surface area contributed by atoms with E-state index in [-0.39, 0.29) is 44.4 Å². The minimum Gasteiger partial charge on any atom is -0.541 e. The van der Waals surface area contributed by atoms with E-state index < -0.39 is 5.41 Å². The van der Waals surface area contributed by atoms with Crippen molar-refractivity contribution < 1.29 is 42.3 Å². The number of hydrogen-bond donors (Lipinski definition) is 0. The minimum atomic E-state index is -0.494. The van der Waals surface area contributed by atoms with E-state index in [0.717, 1.165) is 0 Å². The summed E-state index contributed by atoms with van der Waals surface area (Å²) in [7, 11) is 0. The zero-order valence-corrected chi connectivity index (χ0v) is 11.0. The molecule has 0 saturated carbocycles. The van der Waals surface area contributed by atoms with Gasteiger partial charge in [0.15, 0.2) is 0 Å². The van der Waals surface area contributed by atoms with Crippen LogP contribution in [-0.2, 0) is 42.3 Å². The first-order valence-electron chi connectivity index (χ1n) is 3.79. The summed E-state index contributed by atoms with van der Waals surface area (Å²) in [4.78, 5) is 21.1. The summed E-state index contributed by atoms with van der Waals surface area (Å²) < 4.78 is 0. The Morgan fingerprint density at radius 2 is 1.92 bits per heavy atom. The van der Waals surface area contributed by atoms with Gasteiger partial charge in [-0.2, -0.15) is 0 Å². The Bertz CT molecular complexity index is 164. The van der Waals surface area contributed by atoms with E-state index in [1.54, 1.807) is 13.8 Å². The minimum absolute atomic E-state index is 0. The van der Waals surface area contributed by atoms with Crippen LogP contribution >= 0.6 is 0 Å². The summed E-state index contributed by atoms with van der Waals surface area (Å²) in [5.41, 5.74) is -0.494. The molecule has 0 aromatic carbocycles. The standard InChI is InChI=1S/C9H15O2.Y/c1-7(5-8(2)11)9(3,4)6-10;/h7H,5H2,1-4H3;/q-1;/t7-;/m1./s1. The summed E-state index contributed by atoms with van der Waals surface area (Å²) in [6, 6.07) is 0. The second kappa shape index (κ2) is 5.98. The first kappa shape index (κ1) is 14.9. The molecule has 0 fully saturated rings. The molecule has 0 rings (SSSR count). The smallest absolute Gasteiger partial charge is 0.130 e. The molecule has 0 aromatic heterocycles. The Kier molecular flexibility index (Phi) is 7.45. The van der Waals surface area contributed by atoms with Crippen molar-refractivity contribution in [2.75, 3.05) is 0 Å². The van der Waals surface area contributed by atoms with Crippen LogP contribution in [0.15, 0.2) is 0 Å². The summed E-state index contributed by atoms with van der Waals surface area (Å²) in [5, 5.41) is 0. The maximum atomic E-state index is 10.7. The number of ketones is 1. The molecule has 0 spiro atoms. The van der Waals surface area contributed by atoms with Crippen molar-refractivity contribution in [3.05, 3.63) is 0 Å². The zero-order chi connectivity index (χ0) is 9.07. The van der Waals surface area contributed by atoms with Gasteiger partial charge in [-0.1, -0.05) is 26.7 Å². The van der Waals surface area contributed by atoms with E-state index in [1.165, 1.54) is 6.92 Å². The van der Waals surface area contributed by atoms with Gasteiger partial charge >= 0.3 is 0 Å². The molecule has 1 atom stereocenters. The van der Waals surface area contributed by atoms with Crippen LogP contribution in [0.4, 0.5) is 0 Å². The number of hydrogen-bond acceptors (Lipinski definition) is 2. The SMILES string of the molecule is CC(=O)C[C@@H](C)C(C)(C)[C-]=O.[Y]. The van der Waals surface area contributed by atoms with Crippen LogP contribution in [0.5, 0.6) is 0 Å². The summed E-state index contributed by atoms with van der Waals surface area (Å²) in [6.07, 6.45) is 2.40. The van der Waals surface area contributed by atoms with Crippen molar-refractivity contribution in [1.82, 2.24) is 0 Å². The second-order valence-electron chi connectivity index (χ2n) is 3.63. The molecular weight excluding hydrogens is 229 g/mol. The van der Waals surface area contributed by atoms with Gasteiger partial charge < -0.3 is 9.59 Å². The van der Waals surface area contributed by atoms with Crippen LogP contribution in [0, 0.1) is 11.3 Å². The summed E-state index contributed by atoms with van der Waals surface area (Å²) in [6.45, 7) is 7.03. The molecule has 0 heterocycles. The largest absolute Gasteiger partial charge is 0.541 e. The van der Waals surface area contributed by atoms with Gasteiger partial charge in [0.1, 0.15) is 5.78 Å². The molecular formula is C9H15O2Y-. The fraction of sp³-hybridized carbons (Fsp3) is 0.778. The summed E-state index contributed by atoms with van der Waals surface area (Å²) >= 11 is 0. The Hall–Kier alpha value is 0.444. The van der Waals surface area contributed by atoms with Gasteiger partial charge in [0.2, 0.25) is 0 Å². The predicted octanol–water partition coefficient (Wildman–Crippen LogP) is 1.74. The predicted molar refractivity (Wildman–Crippen MR) is 43.9 cm³/mol. The van der Waals surface area contributed by atoms with Crippen molar-refractivity contribution in [2.24, 2.45) is 11.3 Å². The van der Waals surface area contributed by atoms with Gasteiger partial charge in [-0.05, 0) is 6.92 Å². The molecule has 0 amide bonds.